The third-order valence-electron chi connectivity index (χ3n) is 3.76. The Morgan fingerprint density at radius 2 is 2.05 bits per heavy atom. The van der Waals surface area contributed by atoms with Crippen molar-refractivity contribution in [2.45, 2.75) is 32.8 Å². The van der Waals surface area contributed by atoms with E-state index in [0.29, 0.717) is 5.92 Å². The van der Waals surface area contributed by atoms with Crippen LogP contribution in [-0.2, 0) is 0 Å². The zero-order chi connectivity index (χ0) is 15.9. The number of terminal acetylenes is 1. The summed E-state index contributed by atoms with van der Waals surface area (Å²) in [6.45, 7) is 4.11. The van der Waals surface area contributed by atoms with Crippen molar-refractivity contribution in [1.29, 1.82) is 0 Å². The number of hydrogen-bond donors (Lipinski definition) is 1. The van der Waals surface area contributed by atoms with Crippen molar-refractivity contribution in [2.24, 2.45) is 11.8 Å². The Labute approximate surface area is 132 Å². The quantitative estimate of drug-likeness (QED) is 0.873. The van der Waals surface area contributed by atoms with E-state index in [4.69, 9.17) is 6.42 Å². The smallest absolute Gasteiger partial charge is 0.117 e. The molecule has 2 heteroatoms. The first kappa shape index (κ1) is 16.1. The number of benzene rings is 1. The average molecular weight is 291 g/mol. The van der Waals surface area contributed by atoms with Crippen LogP contribution in [0.4, 0.5) is 0 Å². The largest absolute Gasteiger partial charge is 0.380 e. The van der Waals surface area contributed by atoms with E-state index in [2.05, 4.69) is 35.7 Å². The van der Waals surface area contributed by atoms with Gasteiger partial charge < -0.3 is 5.11 Å². The van der Waals surface area contributed by atoms with Gasteiger partial charge in [0.05, 0.1) is 5.52 Å². The SMILES string of the molecule is C#CC(O)C(C)CC(C)CC#Cc1cnc2ccccc2c1. The van der Waals surface area contributed by atoms with Crippen LogP contribution in [0.2, 0.25) is 0 Å². The molecule has 0 aliphatic heterocycles. The van der Waals surface area contributed by atoms with Gasteiger partial charge in [-0.25, -0.2) is 0 Å². The molecule has 22 heavy (non-hydrogen) atoms. The number of aromatic nitrogens is 1. The van der Waals surface area contributed by atoms with Crippen molar-refractivity contribution in [3.05, 3.63) is 42.1 Å². The summed E-state index contributed by atoms with van der Waals surface area (Å²) in [4.78, 5) is 4.40. The van der Waals surface area contributed by atoms with E-state index < -0.39 is 6.10 Å². The van der Waals surface area contributed by atoms with Crippen molar-refractivity contribution in [1.82, 2.24) is 4.98 Å². The van der Waals surface area contributed by atoms with Crippen LogP contribution in [-0.4, -0.2) is 16.2 Å². The van der Waals surface area contributed by atoms with E-state index in [1.54, 1.807) is 0 Å². The highest BCUT2D eigenvalue weighted by molar-refractivity contribution is 5.79. The summed E-state index contributed by atoms with van der Waals surface area (Å²) in [7, 11) is 0. The molecule has 2 aromatic rings. The predicted octanol–water partition coefficient (Wildman–Crippen LogP) is 3.63. The topological polar surface area (TPSA) is 33.1 Å². The first-order chi connectivity index (χ1) is 10.6. The number of pyridine rings is 1. The van der Waals surface area contributed by atoms with E-state index in [1.165, 1.54) is 0 Å². The molecule has 0 bridgehead atoms. The van der Waals surface area contributed by atoms with Crippen LogP contribution in [0.5, 0.6) is 0 Å². The summed E-state index contributed by atoms with van der Waals surface area (Å²) in [5, 5.41) is 10.7. The molecule has 0 fully saturated rings. The Morgan fingerprint density at radius 1 is 1.27 bits per heavy atom. The van der Waals surface area contributed by atoms with Crippen molar-refractivity contribution >= 4 is 10.9 Å². The van der Waals surface area contributed by atoms with Crippen LogP contribution < -0.4 is 0 Å². The number of nitrogens with zero attached hydrogens (tertiary/aromatic N) is 1. The maximum atomic E-state index is 9.60. The van der Waals surface area contributed by atoms with Gasteiger partial charge in [0, 0.05) is 23.6 Å². The summed E-state index contributed by atoms with van der Waals surface area (Å²) in [6, 6.07) is 10.1. The summed E-state index contributed by atoms with van der Waals surface area (Å²) < 4.78 is 0. The highest BCUT2D eigenvalue weighted by Gasteiger charge is 2.14. The molecule has 0 aliphatic rings. The van der Waals surface area contributed by atoms with Gasteiger partial charge in [0.2, 0.25) is 0 Å². The molecule has 3 unspecified atom stereocenters. The van der Waals surface area contributed by atoms with Crippen LogP contribution in [0.3, 0.4) is 0 Å². The van der Waals surface area contributed by atoms with Crippen molar-refractivity contribution in [3.8, 4) is 24.2 Å². The summed E-state index contributed by atoms with van der Waals surface area (Å²) in [5.41, 5.74) is 1.92. The maximum absolute atomic E-state index is 9.60. The second kappa shape index (κ2) is 7.64. The summed E-state index contributed by atoms with van der Waals surface area (Å²) in [5.74, 6) is 9.26. The van der Waals surface area contributed by atoms with E-state index in [-0.39, 0.29) is 5.92 Å². The normalized spacial score (nSPS) is 14.5. The molecule has 1 aromatic carbocycles. The van der Waals surface area contributed by atoms with Gasteiger partial charge in [0.1, 0.15) is 6.10 Å². The van der Waals surface area contributed by atoms with Gasteiger partial charge in [-0.1, -0.05) is 49.8 Å². The Kier molecular flexibility index (Phi) is 5.59. The number of fused-ring (bicyclic) bond motifs is 1. The Balaban J connectivity index is 1.96. The lowest BCUT2D eigenvalue weighted by atomic mass is 9.91. The Bertz CT molecular complexity index is 732. The standard InChI is InChI=1S/C20H21NO/c1-4-20(22)16(3)12-15(2)8-7-9-17-13-18-10-5-6-11-19(18)21-14-17/h1,5-6,10-11,13-16,20,22H,8,12H2,2-3H3. The molecular formula is C20H21NO. The minimum Gasteiger partial charge on any atom is -0.380 e. The zero-order valence-corrected chi connectivity index (χ0v) is 13.1. The van der Waals surface area contributed by atoms with Crippen LogP contribution in [0, 0.1) is 36.0 Å². The van der Waals surface area contributed by atoms with E-state index in [9.17, 15) is 5.11 Å². The highest BCUT2D eigenvalue weighted by Crippen LogP contribution is 2.18. The monoisotopic (exact) mass is 291 g/mol. The molecule has 0 radical (unpaired) electrons. The van der Waals surface area contributed by atoms with Gasteiger partial charge in [0.25, 0.3) is 0 Å². The number of aliphatic hydroxyl groups excluding tert-OH is 1. The molecule has 0 amide bonds. The lowest BCUT2D eigenvalue weighted by molar-refractivity contribution is 0.155. The van der Waals surface area contributed by atoms with Gasteiger partial charge >= 0.3 is 0 Å². The van der Waals surface area contributed by atoms with E-state index >= 15 is 0 Å². The fourth-order valence-corrected chi connectivity index (χ4v) is 2.48. The molecular weight excluding hydrogens is 270 g/mol. The van der Waals surface area contributed by atoms with E-state index in [1.807, 2.05) is 37.4 Å². The third-order valence-corrected chi connectivity index (χ3v) is 3.76. The molecule has 0 spiro atoms. The number of aliphatic hydroxyl groups is 1. The van der Waals surface area contributed by atoms with Gasteiger partial charge in [-0.2, -0.15) is 0 Å². The van der Waals surface area contributed by atoms with Crippen LogP contribution in [0.15, 0.2) is 36.5 Å². The predicted molar refractivity (Wildman–Crippen MR) is 91.0 cm³/mol. The summed E-state index contributed by atoms with van der Waals surface area (Å²) in [6.07, 6.45) is 8.04. The molecule has 0 saturated heterocycles. The van der Waals surface area contributed by atoms with Crippen molar-refractivity contribution in [2.75, 3.05) is 0 Å². The molecule has 2 rings (SSSR count). The van der Waals surface area contributed by atoms with Gasteiger partial charge in [-0.05, 0) is 30.4 Å². The Hall–Kier alpha value is -2.29. The minimum absolute atomic E-state index is 0.101. The molecule has 2 nitrogen and oxygen atoms in total. The summed E-state index contributed by atoms with van der Waals surface area (Å²) >= 11 is 0. The lowest BCUT2D eigenvalue weighted by Crippen LogP contribution is -2.17. The molecule has 112 valence electrons. The number of para-hydroxylation sites is 1. The molecule has 1 aromatic heterocycles. The second-order valence-corrected chi connectivity index (χ2v) is 5.85. The van der Waals surface area contributed by atoms with Crippen LogP contribution >= 0.6 is 0 Å². The van der Waals surface area contributed by atoms with Crippen LogP contribution in [0.25, 0.3) is 10.9 Å². The van der Waals surface area contributed by atoms with Crippen molar-refractivity contribution in [3.63, 3.8) is 0 Å². The van der Waals surface area contributed by atoms with Gasteiger partial charge in [0.15, 0.2) is 0 Å². The third kappa shape index (κ3) is 4.35. The lowest BCUT2D eigenvalue weighted by Gasteiger charge is -2.17. The number of hydrogen-bond acceptors (Lipinski definition) is 2. The molecule has 0 saturated carbocycles. The Morgan fingerprint density at radius 3 is 2.82 bits per heavy atom. The number of rotatable bonds is 4. The minimum atomic E-state index is -0.667. The second-order valence-electron chi connectivity index (χ2n) is 5.85. The highest BCUT2D eigenvalue weighted by atomic mass is 16.3. The van der Waals surface area contributed by atoms with Crippen molar-refractivity contribution < 1.29 is 5.11 Å². The van der Waals surface area contributed by atoms with Gasteiger partial charge in [-0.3, -0.25) is 4.98 Å². The average Bonchev–Trinajstić information content (AvgIpc) is 2.53. The molecule has 0 aliphatic carbocycles. The first-order valence-electron chi connectivity index (χ1n) is 7.58. The van der Waals surface area contributed by atoms with Gasteiger partial charge in [-0.15, -0.1) is 6.42 Å². The molecule has 1 heterocycles. The first-order valence-corrected chi connectivity index (χ1v) is 7.58. The maximum Gasteiger partial charge on any atom is 0.117 e. The molecule has 1 N–H and O–H groups in total. The van der Waals surface area contributed by atoms with E-state index in [0.717, 1.165) is 29.3 Å². The fourth-order valence-electron chi connectivity index (χ4n) is 2.48. The molecule has 3 atom stereocenters. The van der Waals surface area contributed by atoms with Crippen LogP contribution in [0.1, 0.15) is 32.3 Å². The fraction of sp³-hybridized carbons (Fsp3) is 0.350. The zero-order valence-electron chi connectivity index (χ0n) is 13.1.